The highest BCUT2D eigenvalue weighted by Gasteiger charge is 2.47. The number of hydrogen-bond acceptors (Lipinski definition) is 3. The van der Waals surface area contributed by atoms with E-state index in [0.717, 1.165) is 37.2 Å². The maximum atomic E-state index is 12.2. The van der Waals surface area contributed by atoms with Gasteiger partial charge >= 0.3 is 0 Å². The second-order valence-electron chi connectivity index (χ2n) is 6.62. The Morgan fingerprint density at radius 3 is 3.00 bits per heavy atom. The minimum absolute atomic E-state index is 0.239. The quantitative estimate of drug-likeness (QED) is 0.886. The summed E-state index contributed by atoms with van der Waals surface area (Å²) in [5, 5.41) is 1.25. The van der Waals surface area contributed by atoms with Crippen molar-refractivity contribution in [1.82, 2.24) is 9.88 Å². The number of piperidine rings is 1. The summed E-state index contributed by atoms with van der Waals surface area (Å²) in [7, 11) is 1.69. The minimum atomic E-state index is -0.239. The molecule has 4 nitrogen and oxygen atoms in total. The molecule has 0 amide bonds. The molecule has 4 rings (SSSR count). The molecule has 0 bridgehead atoms. The fourth-order valence-corrected chi connectivity index (χ4v) is 4.38. The number of aromatic nitrogens is 1. The molecular formula is C19H22N2O2. The van der Waals surface area contributed by atoms with Gasteiger partial charge in [0, 0.05) is 48.6 Å². The van der Waals surface area contributed by atoms with Gasteiger partial charge in [0.2, 0.25) is 0 Å². The van der Waals surface area contributed by atoms with E-state index >= 15 is 0 Å². The van der Waals surface area contributed by atoms with E-state index in [9.17, 15) is 4.79 Å². The largest absolute Gasteiger partial charge is 0.497 e. The monoisotopic (exact) mass is 310 g/mol. The Morgan fingerprint density at radius 2 is 2.22 bits per heavy atom. The molecule has 23 heavy (non-hydrogen) atoms. The average Bonchev–Trinajstić information content (AvgIpc) is 2.93. The summed E-state index contributed by atoms with van der Waals surface area (Å²) < 4.78 is 5.35. The minimum Gasteiger partial charge on any atom is -0.497 e. The molecule has 1 N–H and O–H groups in total. The Hall–Kier alpha value is -2.07. The van der Waals surface area contributed by atoms with Crippen LogP contribution in [-0.4, -0.2) is 35.9 Å². The lowest BCUT2D eigenvalue weighted by molar-refractivity contribution is -0.127. The number of hydrogen-bond donors (Lipinski definition) is 1. The highest BCUT2D eigenvalue weighted by Crippen LogP contribution is 2.46. The third-order valence-electron chi connectivity index (χ3n) is 5.45. The Morgan fingerprint density at radius 1 is 1.39 bits per heavy atom. The van der Waals surface area contributed by atoms with Gasteiger partial charge in [-0.3, -0.25) is 9.69 Å². The third-order valence-corrected chi connectivity index (χ3v) is 5.45. The summed E-state index contributed by atoms with van der Waals surface area (Å²) in [5.74, 6) is 1.21. The number of Topliss-reactive ketones (excluding diaryl/α,β-unsaturated/α-hetero) is 1. The summed E-state index contributed by atoms with van der Waals surface area (Å²) >= 11 is 0. The third kappa shape index (κ3) is 2.05. The van der Waals surface area contributed by atoms with E-state index in [-0.39, 0.29) is 5.54 Å². The fraction of sp³-hybridized carbons (Fsp3) is 0.421. The molecule has 0 radical (unpaired) electrons. The molecule has 1 aromatic heterocycles. The zero-order valence-electron chi connectivity index (χ0n) is 13.5. The van der Waals surface area contributed by atoms with Gasteiger partial charge in [0.25, 0.3) is 0 Å². The smallest absolute Gasteiger partial charge is 0.136 e. The maximum Gasteiger partial charge on any atom is 0.136 e. The van der Waals surface area contributed by atoms with Crippen LogP contribution in [-0.2, 0) is 16.8 Å². The summed E-state index contributed by atoms with van der Waals surface area (Å²) in [4.78, 5) is 18.3. The van der Waals surface area contributed by atoms with Gasteiger partial charge < -0.3 is 9.72 Å². The lowest BCUT2D eigenvalue weighted by Gasteiger charge is -2.49. The zero-order chi connectivity index (χ0) is 16.0. The fourth-order valence-electron chi connectivity index (χ4n) is 4.38. The summed E-state index contributed by atoms with van der Waals surface area (Å²) in [6, 6.07) is 6.19. The van der Waals surface area contributed by atoms with Crippen molar-refractivity contribution < 1.29 is 9.53 Å². The van der Waals surface area contributed by atoms with Gasteiger partial charge in [-0.15, -0.1) is 6.58 Å². The van der Waals surface area contributed by atoms with E-state index in [0.29, 0.717) is 18.6 Å². The summed E-state index contributed by atoms with van der Waals surface area (Å²) in [6.45, 7) is 5.81. The van der Waals surface area contributed by atoms with Crippen molar-refractivity contribution in [2.45, 2.75) is 31.2 Å². The molecule has 1 aromatic carbocycles. The van der Waals surface area contributed by atoms with Crippen molar-refractivity contribution in [2.24, 2.45) is 0 Å². The highest BCUT2D eigenvalue weighted by atomic mass is 16.5. The standard InChI is InChI=1S/C19H22N2O2/c1-3-8-19-12-13(22)6-9-21(19)10-7-16-15-5-4-14(23-2)11-17(15)20-18(16)19/h3-5,11,20H,1,6-10,12H2,2H3. The average molecular weight is 310 g/mol. The van der Waals surface area contributed by atoms with Crippen LogP contribution in [0.5, 0.6) is 5.75 Å². The number of rotatable bonds is 3. The van der Waals surface area contributed by atoms with Crippen LogP contribution in [0.15, 0.2) is 30.9 Å². The Kier molecular flexibility index (Phi) is 3.31. The molecule has 2 aliphatic rings. The Bertz CT molecular complexity index is 792. The van der Waals surface area contributed by atoms with Crippen LogP contribution >= 0.6 is 0 Å². The predicted molar refractivity (Wildman–Crippen MR) is 90.9 cm³/mol. The van der Waals surface area contributed by atoms with Crippen LogP contribution < -0.4 is 4.74 Å². The number of methoxy groups -OCH3 is 1. The second kappa shape index (κ2) is 5.24. The van der Waals surface area contributed by atoms with Crippen molar-refractivity contribution >= 4 is 16.7 Å². The molecule has 0 aliphatic carbocycles. The first-order chi connectivity index (χ1) is 11.2. The van der Waals surface area contributed by atoms with Crippen LogP contribution in [0.4, 0.5) is 0 Å². The lowest BCUT2D eigenvalue weighted by atomic mass is 9.75. The van der Waals surface area contributed by atoms with Gasteiger partial charge in [-0.2, -0.15) is 0 Å². The van der Waals surface area contributed by atoms with Gasteiger partial charge in [-0.1, -0.05) is 6.08 Å². The van der Waals surface area contributed by atoms with Gasteiger partial charge in [0.1, 0.15) is 11.5 Å². The first-order valence-corrected chi connectivity index (χ1v) is 8.24. The maximum absolute atomic E-state index is 12.2. The van der Waals surface area contributed by atoms with Crippen molar-refractivity contribution in [3.8, 4) is 5.75 Å². The second-order valence-corrected chi connectivity index (χ2v) is 6.62. The van der Waals surface area contributed by atoms with Crippen molar-refractivity contribution in [2.75, 3.05) is 20.2 Å². The van der Waals surface area contributed by atoms with E-state index < -0.39 is 0 Å². The van der Waals surface area contributed by atoms with Gasteiger partial charge in [0.05, 0.1) is 12.6 Å². The van der Waals surface area contributed by atoms with E-state index in [4.69, 9.17) is 4.74 Å². The molecule has 1 unspecified atom stereocenters. The summed E-state index contributed by atoms with van der Waals surface area (Å²) in [6.07, 6.45) is 5.02. The number of carbonyl (C=O) groups is 1. The lowest BCUT2D eigenvalue weighted by Crippen LogP contribution is -2.55. The normalized spacial score (nSPS) is 24.3. The van der Waals surface area contributed by atoms with Crippen molar-refractivity contribution in [3.63, 3.8) is 0 Å². The molecular weight excluding hydrogens is 288 g/mol. The van der Waals surface area contributed by atoms with E-state index in [2.05, 4.69) is 22.5 Å². The number of nitrogens with one attached hydrogen (secondary N) is 1. The molecule has 3 heterocycles. The topological polar surface area (TPSA) is 45.3 Å². The Balaban J connectivity index is 1.93. The van der Waals surface area contributed by atoms with Gasteiger partial charge in [0.15, 0.2) is 0 Å². The highest BCUT2D eigenvalue weighted by molar-refractivity contribution is 5.88. The van der Waals surface area contributed by atoms with E-state index in [1.54, 1.807) is 7.11 Å². The number of nitrogens with zero attached hydrogens (tertiary/aromatic N) is 1. The number of benzene rings is 1. The number of ketones is 1. The number of H-pyrrole nitrogens is 1. The van der Waals surface area contributed by atoms with Crippen LogP contribution in [0.2, 0.25) is 0 Å². The number of carbonyl (C=O) groups excluding carboxylic acids is 1. The van der Waals surface area contributed by atoms with Crippen LogP contribution in [0, 0.1) is 0 Å². The molecule has 1 saturated heterocycles. The van der Waals surface area contributed by atoms with Crippen LogP contribution in [0.25, 0.3) is 10.9 Å². The van der Waals surface area contributed by atoms with Crippen molar-refractivity contribution in [1.29, 1.82) is 0 Å². The molecule has 2 aliphatic heterocycles. The first kappa shape index (κ1) is 14.5. The van der Waals surface area contributed by atoms with Gasteiger partial charge in [-0.25, -0.2) is 0 Å². The number of aromatic amines is 1. The molecule has 0 saturated carbocycles. The molecule has 4 heteroatoms. The number of ether oxygens (including phenoxy) is 1. The number of fused-ring (bicyclic) bond motifs is 5. The Labute approximate surface area is 136 Å². The molecule has 120 valence electrons. The molecule has 0 spiro atoms. The van der Waals surface area contributed by atoms with Gasteiger partial charge in [-0.05, 0) is 30.5 Å². The van der Waals surface area contributed by atoms with E-state index in [1.807, 2.05) is 18.2 Å². The van der Waals surface area contributed by atoms with Crippen LogP contribution in [0.3, 0.4) is 0 Å². The molecule has 1 fully saturated rings. The first-order valence-electron chi connectivity index (χ1n) is 8.24. The predicted octanol–water partition coefficient (Wildman–Crippen LogP) is 3.17. The molecule has 2 aromatic rings. The van der Waals surface area contributed by atoms with Crippen LogP contribution in [0.1, 0.15) is 30.5 Å². The van der Waals surface area contributed by atoms with Crippen molar-refractivity contribution in [3.05, 3.63) is 42.1 Å². The SMILES string of the molecule is C=CCC12CC(=O)CCN1CCc1c2[nH]c2cc(OC)ccc12. The zero-order valence-corrected chi connectivity index (χ0v) is 13.5. The molecule has 1 atom stereocenters. The van der Waals surface area contributed by atoms with E-state index in [1.165, 1.54) is 16.6 Å². The summed E-state index contributed by atoms with van der Waals surface area (Å²) in [5.41, 5.74) is 3.42.